The van der Waals surface area contributed by atoms with E-state index in [1.165, 1.54) is 5.56 Å². The van der Waals surface area contributed by atoms with Crippen LogP contribution < -0.4 is 10.2 Å². The van der Waals surface area contributed by atoms with Crippen LogP contribution >= 0.6 is 0 Å². The highest BCUT2D eigenvalue weighted by molar-refractivity contribution is 6.03. The summed E-state index contributed by atoms with van der Waals surface area (Å²) in [5.74, 6) is 0.610. The Bertz CT molecular complexity index is 972. The van der Waals surface area contributed by atoms with Gasteiger partial charge in [0.15, 0.2) is 0 Å². The smallest absolute Gasteiger partial charge is 0.274 e. The first-order valence-electron chi connectivity index (χ1n) is 9.79. The summed E-state index contributed by atoms with van der Waals surface area (Å²) in [7, 11) is 1.93. The summed E-state index contributed by atoms with van der Waals surface area (Å²) in [4.78, 5) is 27.7. The Kier molecular flexibility index (Phi) is 6.54. The second-order valence-corrected chi connectivity index (χ2v) is 7.42. The van der Waals surface area contributed by atoms with E-state index in [1.807, 2.05) is 49.2 Å². The summed E-state index contributed by atoms with van der Waals surface area (Å²) in [6.07, 6.45) is 6.04. The normalized spacial score (nSPS) is 10.8. The summed E-state index contributed by atoms with van der Waals surface area (Å²) in [6.45, 7) is 6.97. The molecule has 0 radical (unpaired) electrons. The molecular weight excluding hydrogens is 362 g/mol. The molecule has 150 valence electrons. The second-order valence-electron chi connectivity index (χ2n) is 7.42. The van der Waals surface area contributed by atoms with Gasteiger partial charge in [-0.05, 0) is 54.2 Å². The fourth-order valence-corrected chi connectivity index (χ4v) is 3.12. The number of aryl methyl sites for hydroxylation is 1. The molecule has 0 aliphatic heterocycles. The van der Waals surface area contributed by atoms with Crippen molar-refractivity contribution in [2.45, 2.75) is 33.1 Å². The quantitative estimate of drug-likeness (QED) is 0.655. The topological polar surface area (TPSA) is 71.0 Å². The zero-order valence-electron chi connectivity index (χ0n) is 17.4. The van der Waals surface area contributed by atoms with Crippen molar-refractivity contribution in [3.05, 3.63) is 77.4 Å². The van der Waals surface area contributed by atoms with Crippen molar-refractivity contribution in [1.29, 1.82) is 0 Å². The average molecular weight is 390 g/mol. The molecule has 1 N–H and O–H groups in total. The van der Waals surface area contributed by atoms with E-state index in [-0.39, 0.29) is 5.91 Å². The van der Waals surface area contributed by atoms with Crippen molar-refractivity contribution in [1.82, 2.24) is 15.0 Å². The van der Waals surface area contributed by atoms with E-state index in [9.17, 15) is 4.79 Å². The predicted octanol–water partition coefficient (Wildman–Crippen LogP) is 4.23. The third-order valence-electron chi connectivity index (χ3n) is 4.87. The Morgan fingerprint density at radius 2 is 1.86 bits per heavy atom. The number of carbonyl (C=O) groups excluding carboxylic acids is 1. The number of rotatable bonds is 7. The van der Waals surface area contributed by atoms with Crippen molar-refractivity contribution >= 4 is 17.5 Å². The first-order chi connectivity index (χ1) is 14.0. The minimum absolute atomic E-state index is 0.229. The Balaban J connectivity index is 1.73. The van der Waals surface area contributed by atoms with Crippen LogP contribution in [0.5, 0.6) is 0 Å². The maximum Gasteiger partial charge on any atom is 0.274 e. The summed E-state index contributed by atoms with van der Waals surface area (Å²) in [6, 6.07) is 11.7. The van der Waals surface area contributed by atoms with Gasteiger partial charge in [-0.1, -0.05) is 32.0 Å². The monoisotopic (exact) mass is 389 g/mol. The second kappa shape index (κ2) is 9.28. The molecule has 0 spiro atoms. The van der Waals surface area contributed by atoms with Crippen LogP contribution in [0.25, 0.3) is 0 Å². The lowest BCUT2D eigenvalue weighted by molar-refractivity contribution is 0.102. The van der Waals surface area contributed by atoms with Gasteiger partial charge in [-0.2, -0.15) is 0 Å². The van der Waals surface area contributed by atoms with Crippen LogP contribution in [0.1, 0.15) is 46.9 Å². The van der Waals surface area contributed by atoms with Crippen LogP contribution in [0.3, 0.4) is 0 Å². The largest absolute Gasteiger partial charge is 0.344 e. The van der Waals surface area contributed by atoms with Crippen molar-refractivity contribution in [2.24, 2.45) is 0 Å². The van der Waals surface area contributed by atoms with Crippen LogP contribution in [0.4, 0.5) is 11.6 Å². The standard InChI is InChI=1S/C23H27N5O/c1-16(2)19-7-5-6-17(3)21(19)27-22(29)20-10-14-25-23(26-20)28(4)15-11-18-8-12-24-13-9-18/h5-10,12-14,16H,11,15H2,1-4H3,(H,27,29). The van der Waals surface area contributed by atoms with Gasteiger partial charge in [0, 0.05) is 37.9 Å². The van der Waals surface area contributed by atoms with Gasteiger partial charge < -0.3 is 10.2 Å². The predicted molar refractivity (Wildman–Crippen MR) is 116 cm³/mol. The zero-order chi connectivity index (χ0) is 20.8. The van der Waals surface area contributed by atoms with Gasteiger partial charge in [-0.25, -0.2) is 9.97 Å². The third-order valence-corrected chi connectivity index (χ3v) is 4.87. The Morgan fingerprint density at radius 1 is 1.10 bits per heavy atom. The number of nitrogens with zero attached hydrogens (tertiary/aromatic N) is 4. The fraction of sp³-hybridized carbons (Fsp3) is 0.304. The fourth-order valence-electron chi connectivity index (χ4n) is 3.12. The highest BCUT2D eigenvalue weighted by Gasteiger charge is 2.15. The molecule has 0 saturated heterocycles. The first-order valence-corrected chi connectivity index (χ1v) is 9.79. The Labute approximate surface area is 172 Å². The Hall–Kier alpha value is -3.28. The van der Waals surface area contributed by atoms with E-state index in [0.29, 0.717) is 17.6 Å². The number of pyridine rings is 1. The number of hydrogen-bond acceptors (Lipinski definition) is 5. The highest BCUT2D eigenvalue weighted by atomic mass is 16.1. The molecule has 0 fully saturated rings. The van der Waals surface area contributed by atoms with Gasteiger partial charge in [0.2, 0.25) is 5.95 Å². The van der Waals surface area contributed by atoms with E-state index < -0.39 is 0 Å². The molecule has 2 aromatic heterocycles. The summed E-state index contributed by atoms with van der Waals surface area (Å²) >= 11 is 0. The van der Waals surface area contributed by atoms with Crippen LogP contribution in [-0.2, 0) is 6.42 Å². The van der Waals surface area contributed by atoms with Gasteiger partial charge in [-0.15, -0.1) is 0 Å². The molecule has 0 bridgehead atoms. The molecule has 6 heteroatoms. The number of carbonyl (C=O) groups is 1. The molecular formula is C23H27N5O. The van der Waals surface area contributed by atoms with Crippen LogP contribution in [-0.4, -0.2) is 34.5 Å². The highest BCUT2D eigenvalue weighted by Crippen LogP contribution is 2.27. The maximum absolute atomic E-state index is 12.9. The number of para-hydroxylation sites is 1. The Morgan fingerprint density at radius 3 is 2.59 bits per heavy atom. The lowest BCUT2D eigenvalue weighted by atomic mass is 9.98. The molecule has 0 aliphatic carbocycles. The average Bonchev–Trinajstić information content (AvgIpc) is 2.74. The zero-order valence-corrected chi connectivity index (χ0v) is 17.4. The number of benzene rings is 1. The number of aromatic nitrogens is 3. The molecule has 0 atom stereocenters. The molecule has 6 nitrogen and oxygen atoms in total. The molecule has 0 aliphatic rings. The number of amides is 1. The first kappa shape index (κ1) is 20.5. The van der Waals surface area contributed by atoms with Crippen molar-refractivity contribution in [2.75, 3.05) is 23.8 Å². The van der Waals surface area contributed by atoms with E-state index in [1.54, 1.807) is 24.7 Å². The number of anilines is 2. The lowest BCUT2D eigenvalue weighted by Gasteiger charge is -2.18. The molecule has 29 heavy (non-hydrogen) atoms. The van der Waals surface area contributed by atoms with Crippen LogP contribution in [0, 0.1) is 6.92 Å². The third kappa shape index (κ3) is 5.16. The number of nitrogens with one attached hydrogen (secondary N) is 1. The van der Waals surface area contributed by atoms with Gasteiger partial charge in [-0.3, -0.25) is 9.78 Å². The molecule has 0 saturated carbocycles. The van der Waals surface area contributed by atoms with E-state index >= 15 is 0 Å². The SMILES string of the molecule is Cc1cccc(C(C)C)c1NC(=O)c1ccnc(N(C)CCc2ccncc2)n1. The minimum Gasteiger partial charge on any atom is -0.344 e. The molecule has 2 heterocycles. The van der Waals surface area contributed by atoms with E-state index in [4.69, 9.17) is 0 Å². The van der Waals surface area contributed by atoms with Crippen LogP contribution in [0.2, 0.25) is 0 Å². The van der Waals surface area contributed by atoms with Gasteiger partial charge in [0.05, 0.1) is 0 Å². The minimum atomic E-state index is -0.229. The van der Waals surface area contributed by atoms with Crippen molar-refractivity contribution < 1.29 is 4.79 Å². The molecule has 0 unspecified atom stereocenters. The lowest BCUT2D eigenvalue weighted by Crippen LogP contribution is -2.24. The van der Waals surface area contributed by atoms with E-state index in [2.05, 4.69) is 34.1 Å². The number of likely N-dealkylation sites (N-methyl/N-ethyl adjacent to an activating group) is 1. The molecule has 3 aromatic rings. The van der Waals surface area contributed by atoms with Crippen LogP contribution in [0.15, 0.2) is 55.0 Å². The molecule has 1 amide bonds. The van der Waals surface area contributed by atoms with E-state index in [0.717, 1.165) is 29.8 Å². The van der Waals surface area contributed by atoms with Crippen molar-refractivity contribution in [3.8, 4) is 0 Å². The van der Waals surface area contributed by atoms with Gasteiger partial charge in [0.25, 0.3) is 5.91 Å². The van der Waals surface area contributed by atoms with Crippen molar-refractivity contribution in [3.63, 3.8) is 0 Å². The summed E-state index contributed by atoms with van der Waals surface area (Å²) in [5, 5.41) is 3.05. The van der Waals surface area contributed by atoms with Gasteiger partial charge >= 0.3 is 0 Å². The van der Waals surface area contributed by atoms with Gasteiger partial charge in [0.1, 0.15) is 5.69 Å². The summed E-state index contributed by atoms with van der Waals surface area (Å²) in [5.41, 5.74) is 4.55. The molecule has 1 aromatic carbocycles. The number of hydrogen-bond donors (Lipinski definition) is 1. The molecule has 3 rings (SSSR count). The maximum atomic E-state index is 12.9. The summed E-state index contributed by atoms with van der Waals surface area (Å²) < 4.78 is 0.